The topological polar surface area (TPSA) is 9.23 Å². The van der Waals surface area contributed by atoms with Gasteiger partial charge in [0.05, 0.1) is 3.57 Å². The fourth-order valence-electron chi connectivity index (χ4n) is 1.75. The molecule has 0 bridgehead atoms. The molecule has 18 heavy (non-hydrogen) atoms. The Morgan fingerprint density at radius 2 is 1.67 bits per heavy atom. The lowest BCUT2D eigenvalue weighted by atomic mass is 10.1. The van der Waals surface area contributed by atoms with Crippen LogP contribution in [0.4, 0.5) is 0 Å². The first kappa shape index (κ1) is 13.7. The number of ether oxygens (including phenoxy) is 1. The molecule has 0 saturated carbocycles. The molecule has 1 nitrogen and oxygen atoms in total. The summed E-state index contributed by atoms with van der Waals surface area (Å²) in [6.07, 6.45) is 0.816. The largest absolute Gasteiger partial charge is 0.485 e. The molecule has 2 rings (SSSR count). The second kappa shape index (κ2) is 7.00. The molecule has 3 heteroatoms. The Balaban J connectivity index is 2.19. The molecule has 0 spiro atoms. The Kier molecular flexibility index (Phi) is 5.32. The van der Waals surface area contributed by atoms with Crippen LogP contribution in [0.5, 0.6) is 5.75 Å². The molecule has 1 atom stereocenters. The van der Waals surface area contributed by atoms with Crippen molar-refractivity contribution in [3.63, 3.8) is 0 Å². The minimum Gasteiger partial charge on any atom is -0.485 e. The van der Waals surface area contributed by atoms with Crippen LogP contribution in [0.15, 0.2) is 54.6 Å². The number of hydrogen-bond donors (Lipinski definition) is 0. The van der Waals surface area contributed by atoms with Gasteiger partial charge in [-0.25, -0.2) is 0 Å². The zero-order valence-electron chi connectivity index (χ0n) is 9.85. The van der Waals surface area contributed by atoms with E-state index >= 15 is 0 Å². The van der Waals surface area contributed by atoms with Crippen LogP contribution in [0.3, 0.4) is 0 Å². The smallest absolute Gasteiger partial charge is 0.133 e. The number of alkyl halides is 1. The van der Waals surface area contributed by atoms with Gasteiger partial charge in [0, 0.05) is 12.3 Å². The van der Waals surface area contributed by atoms with Gasteiger partial charge in [0.15, 0.2) is 0 Å². The van der Waals surface area contributed by atoms with Crippen molar-refractivity contribution < 1.29 is 4.74 Å². The maximum Gasteiger partial charge on any atom is 0.133 e. The average molecular weight is 373 g/mol. The third kappa shape index (κ3) is 3.62. The van der Waals surface area contributed by atoms with Gasteiger partial charge in [0.2, 0.25) is 0 Å². The van der Waals surface area contributed by atoms with E-state index in [1.54, 1.807) is 0 Å². The van der Waals surface area contributed by atoms with E-state index in [1.807, 2.05) is 42.5 Å². The van der Waals surface area contributed by atoms with Gasteiger partial charge >= 0.3 is 0 Å². The molecule has 0 aromatic heterocycles. The highest BCUT2D eigenvalue weighted by molar-refractivity contribution is 14.1. The molecule has 0 saturated heterocycles. The molecular weight excluding hydrogens is 359 g/mol. The van der Waals surface area contributed by atoms with E-state index in [1.165, 1.54) is 0 Å². The van der Waals surface area contributed by atoms with Crippen molar-refractivity contribution in [2.75, 3.05) is 5.88 Å². The Labute approximate surface area is 126 Å². The van der Waals surface area contributed by atoms with E-state index in [-0.39, 0.29) is 6.10 Å². The molecule has 0 aliphatic rings. The molecular formula is C15H14ClIO. The number of benzene rings is 2. The van der Waals surface area contributed by atoms with Crippen LogP contribution in [0.1, 0.15) is 18.1 Å². The molecule has 0 heterocycles. The van der Waals surface area contributed by atoms with Gasteiger partial charge in [-0.3, -0.25) is 0 Å². The highest BCUT2D eigenvalue weighted by Crippen LogP contribution is 2.28. The van der Waals surface area contributed by atoms with E-state index in [0.29, 0.717) is 5.88 Å². The summed E-state index contributed by atoms with van der Waals surface area (Å²) in [7, 11) is 0. The van der Waals surface area contributed by atoms with Crippen molar-refractivity contribution in [3.05, 3.63) is 63.7 Å². The second-order valence-electron chi connectivity index (χ2n) is 3.93. The van der Waals surface area contributed by atoms with E-state index < -0.39 is 0 Å². The first-order valence-electron chi connectivity index (χ1n) is 5.83. The fourth-order valence-corrected chi connectivity index (χ4v) is 2.47. The first-order valence-corrected chi connectivity index (χ1v) is 7.44. The summed E-state index contributed by atoms with van der Waals surface area (Å²) >= 11 is 8.15. The number of rotatable bonds is 5. The van der Waals surface area contributed by atoms with Crippen molar-refractivity contribution in [1.29, 1.82) is 0 Å². The van der Waals surface area contributed by atoms with Crippen molar-refractivity contribution in [2.45, 2.75) is 12.5 Å². The van der Waals surface area contributed by atoms with Crippen LogP contribution in [-0.4, -0.2) is 5.88 Å². The Hall–Kier alpha value is -0.740. The quantitative estimate of drug-likeness (QED) is 0.528. The van der Waals surface area contributed by atoms with Crippen molar-refractivity contribution >= 4 is 34.2 Å². The molecule has 0 N–H and O–H groups in total. The van der Waals surface area contributed by atoms with Gasteiger partial charge in [-0.1, -0.05) is 42.5 Å². The number of halogens is 2. The SMILES string of the molecule is ClCC[C@H](Oc1ccccc1I)c1ccccc1. The summed E-state index contributed by atoms with van der Waals surface area (Å²) in [6, 6.07) is 18.2. The lowest BCUT2D eigenvalue weighted by molar-refractivity contribution is 0.201. The molecule has 2 aromatic carbocycles. The molecule has 0 aliphatic carbocycles. The predicted molar refractivity (Wildman–Crippen MR) is 84.3 cm³/mol. The fraction of sp³-hybridized carbons (Fsp3) is 0.200. The van der Waals surface area contributed by atoms with Crippen LogP contribution in [0.25, 0.3) is 0 Å². The van der Waals surface area contributed by atoms with Gasteiger partial charge < -0.3 is 4.74 Å². The summed E-state index contributed by atoms with van der Waals surface area (Å²) < 4.78 is 7.20. The Morgan fingerprint density at radius 1 is 1.00 bits per heavy atom. The summed E-state index contributed by atoms with van der Waals surface area (Å²) in [6.45, 7) is 0. The van der Waals surface area contributed by atoms with Gasteiger partial charge in [0.1, 0.15) is 11.9 Å². The number of hydrogen-bond acceptors (Lipinski definition) is 1. The van der Waals surface area contributed by atoms with E-state index in [2.05, 4.69) is 34.7 Å². The normalized spacial score (nSPS) is 12.1. The molecule has 0 fully saturated rings. The third-order valence-electron chi connectivity index (χ3n) is 2.65. The van der Waals surface area contributed by atoms with E-state index in [0.717, 1.165) is 21.3 Å². The molecule has 0 amide bonds. The average Bonchev–Trinajstić information content (AvgIpc) is 2.42. The highest BCUT2D eigenvalue weighted by atomic mass is 127. The maximum atomic E-state index is 6.08. The zero-order valence-corrected chi connectivity index (χ0v) is 12.8. The Morgan fingerprint density at radius 3 is 2.33 bits per heavy atom. The van der Waals surface area contributed by atoms with Crippen LogP contribution >= 0.6 is 34.2 Å². The van der Waals surface area contributed by atoms with E-state index in [4.69, 9.17) is 16.3 Å². The molecule has 0 aliphatic heterocycles. The first-order chi connectivity index (χ1) is 8.81. The third-order valence-corrected chi connectivity index (χ3v) is 3.76. The molecule has 0 radical (unpaired) electrons. The standard InChI is InChI=1S/C15H14ClIO/c16-11-10-14(12-6-2-1-3-7-12)18-15-9-5-4-8-13(15)17/h1-9,14H,10-11H2/t14-/m0/s1. The van der Waals surface area contributed by atoms with Crippen LogP contribution in [0, 0.1) is 3.57 Å². The van der Waals surface area contributed by atoms with Gasteiger partial charge in [-0.05, 0) is 40.3 Å². The minimum absolute atomic E-state index is 0.0135. The van der Waals surface area contributed by atoms with Crippen LogP contribution in [-0.2, 0) is 0 Å². The van der Waals surface area contributed by atoms with Crippen molar-refractivity contribution in [3.8, 4) is 5.75 Å². The Bertz CT molecular complexity index is 487. The summed E-state index contributed by atoms with van der Waals surface area (Å²) in [5.74, 6) is 1.50. The number of para-hydroxylation sites is 1. The monoisotopic (exact) mass is 372 g/mol. The lowest BCUT2D eigenvalue weighted by Gasteiger charge is -2.19. The zero-order chi connectivity index (χ0) is 12.8. The molecule has 2 aromatic rings. The lowest BCUT2D eigenvalue weighted by Crippen LogP contribution is -2.09. The minimum atomic E-state index is 0.0135. The van der Waals surface area contributed by atoms with E-state index in [9.17, 15) is 0 Å². The van der Waals surface area contributed by atoms with Gasteiger partial charge in [-0.2, -0.15) is 0 Å². The molecule has 94 valence electrons. The van der Waals surface area contributed by atoms with Crippen LogP contribution in [0.2, 0.25) is 0 Å². The second-order valence-corrected chi connectivity index (χ2v) is 5.47. The van der Waals surface area contributed by atoms with Gasteiger partial charge in [-0.15, -0.1) is 11.6 Å². The van der Waals surface area contributed by atoms with Crippen LogP contribution < -0.4 is 4.74 Å². The van der Waals surface area contributed by atoms with Crippen molar-refractivity contribution in [2.24, 2.45) is 0 Å². The summed E-state index contributed by atoms with van der Waals surface area (Å²) in [5.41, 5.74) is 1.16. The maximum absolute atomic E-state index is 6.08. The molecule has 0 unspecified atom stereocenters. The highest BCUT2D eigenvalue weighted by Gasteiger charge is 2.13. The summed E-state index contributed by atoms with van der Waals surface area (Å²) in [4.78, 5) is 0. The predicted octanol–water partition coefficient (Wildman–Crippen LogP) is 5.04. The summed E-state index contributed by atoms with van der Waals surface area (Å²) in [5, 5.41) is 0. The van der Waals surface area contributed by atoms with Gasteiger partial charge in [0.25, 0.3) is 0 Å². The van der Waals surface area contributed by atoms with Crippen molar-refractivity contribution in [1.82, 2.24) is 0 Å².